The first-order valence-corrected chi connectivity index (χ1v) is 7.37. The molecular weight excluding hydrogens is 302 g/mol. The first-order chi connectivity index (χ1) is 9.29. The van der Waals surface area contributed by atoms with Gasteiger partial charge in [-0.3, -0.25) is 4.79 Å². The molecule has 0 aliphatic heterocycles. The Labute approximate surface area is 120 Å². The van der Waals surface area contributed by atoms with Crippen molar-refractivity contribution in [1.29, 1.82) is 0 Å². The average molecular weight is 312 g/mol. The van der Waals surface area contributed by atoms with Crippen molar-refractivity contribution in [3.63, 3.8) is 0 Å². The van der Waals surface area contributed by atoms with Crippen LogP contribution in [0.3, 0.4) is 0 Å². The van der Waals surface area contributed by atoms with Crippen LogP contribution in [0.5, 0.6) is 5.75 Å². The molecule has 3 N–H and O–H groups in total. The minimum atomic E-state index is -4.00. The Morgan fingerprint density at radius 1 is 1.05 bits per heavy atom. The lowest BCUT2D eigenvalue weighted by molar-refractivity contribution is 0.103. The van der Waals surface area contributed by atoms with Crippen LogP contribution in [0, 0.1) is 0 Å². The molecule has 0 spiro atoms. The summed E-state index contributed by atoms with van der Waals surface area (Å²) in [6.45, 7) is 0. The lowest BCUT2D eigenvalue weighted by Gasteiger charge is -2.06. The smallest absolute Gasteiger partial charge is 0.239 e. The van der Waals surface area contributed by atoms with Gasteiger partial charge in [-0.2, -0.15) is 0 Å². The van der Waals surface area contributed by atoms with E-state index in [0.29, 0.717) is 5.56 Å². The Bertz CT molecular complexity index is 769. The molecular formula is C13H10ClNO4S. The maximum absolute atomic E-state index is 12.2. The molecule has 0 unspecified atom stereocenters. The molecule has 104 valence electrons. The Morgan fingerprint density at radius 3 is 2.15 bits per heavy atom. The monoisotopic (exact) mass is 311 g/mol. The predicted molar refractivity (Wildman–Crippen MR) is 74.4 cm³/mol. The van der Waals surface area contributed by atoms with Crippen LogP contribution >= 0.6 is 11.6 Å². The van der Waals surface area contributed by atoms with Crippen molar-refractivity contribution >= 4 is 27.4 Å². The molecule has 0 saturated carbocycles. The summed E-state index contributed by atoms with van der Waals surface area (Å²) in [5.41, 5.74) is 0.453. The molecule has 0 saturated heterocycles. The third-order valence-corrected chi connectivity index (χ3v) is 4.02. The van der Waals surface area contributed by atoms with Crippen molar-refractivity contribution in [2.45, 2.75) is 4.90 Å². The molecule has 0 aliphatic rings. The minimum Gasteiger partial charge on any atom is -0.508 e. The number of phenolic OH excluding ortho intramolecular Hbond substituents is 1. The normalized spacial score (nSPS) is 11.3. The van der Waals surface area contributed by atoms with Gasteiger partial charge in [-0.15, -0.1) is 0 Å². The van der Waals surface area contributed by atoms with E-state index in [4.69, 9.17) is 16.7 Å². The van der Waals surface area contributed by atoms with Crippen LogP contribution in [0.15, 0.2) is 47.4 Å². The maximum Gasteiger partial charge on any atom is 0.239 e. The quantitative estimate of drug-likeness (QED) is 0.846. The van der Waals surface area contributed by atoms with Gasteiger partial charge in [-0.1, -0.05) is 11.6 Å². The fraction of sp³-hybridized carbons (Fsp3) is 0. The van der Waals surface area contributed by atoms with Gasteiger partial charge in [0.05, 0.1) is 5.02 Å². The number of phenols is 1. The highest BCUT2D eigenvalue weighted by Crippen LogP contribution is 2.23. The van der Waals surface area contributed by atoms with Gasteiger partial charge >= 0.3 is 0 Å². The van der Waals surface area contributed by atoms with Crippen LogP contribution < -0.4 is 5.14 Å². The van der Waals surface area contributed by atoms with Crippen LogP contribution in [0.1, 0.15) is 15.9 Å². The van der Waals surface area contributed by atoms with Crippen molar-refractivity contribution in [3.8, 4) is 5.75 Å². The topological polar surface area (TPSA) is 97.5 Å². The van der Waals surface area contributed by atoms with Crippen LogP contribution in [0.25, 0.3) is 0 Å². The van der Waals surface area contributed by atoms with Crippen LogP contribution in [0.2, 0.25) is 5.02 Å². The van der Waals surface area contributed by atoms with E-state index in [0.717, 1.165) is 6.07 Å². The van der Waals surface area contributed by atoms with Crippen LogP contribution in [0.4, 0.5) is 0 Å². The number of halogens is 1. The second kappa shape index (κ2) is 5.24. The zero-order valence-corrected chi connectivity index (χ0v) is 11.6. The second-order valence-electron chi connectivity index (χ2n) is 4.07. The fourth-order valence-electron chi connectivity index (χ4n) is 1.64. The number of carbonyl (C=O) groups is 1. The summed E-state index contributed by atoms with van der Waals surface area (Å²) >= 11 is 5.75. The van der Waals surface area contributed by atoms with Gasteiger partial charge in [0.25, 0.3) is 0 Å². The molecule has 5 nitrogen and oxygen atoms in total. The Morgan fingerprint density at radius 2 is 1.60 bits per heavy atom. The minimum absolute atomic E-state index is 0.0304. The highest BCUT2D eigenvalue weighted by atomic mass is 35.5. The fourth-order valence-corrected chi connectivity index (χ4v) is 2.71. The van der Waals surface area contributed by atoms with Gasteiger partial charge in [0.15, 0.2) is 5.78 Å². The molecule has 0 fully saturated rings. The summed E-state index contributed by atoms with van der Waals surface area (Å²) in [6.07, 6.45) is 0. The first kappa shape index (κ1) is 14.5. The highest BCUT2D eigenvalue weighted by Gasteiger charge is 2.17. The van der Waals surface area contributed by atoms with E-state index < -0.39 is 15.8 Å². The summed E-state index contributed by atoms with van der Waals surface area (Å²) in [4.78, 5) is 11.9. The molecule has 0 aromatic heterocycles. The van der Waals surface area contributed by atoms with E-state index in [1.165, 1.54) is 36.4 Å². The Balaban J connectivity index is 2.49. The highest BCUT2D eigenvalue weighted by molar-refractivity contribution is 7.89. The average Bonchev–Trinajstić information content (AvgIpc) is 2.38. The number of nitrogens with two attached hydrogens (primary N) is 1. The van der Waals surface area contributed by atoms with Gasteiger partial charge in [-0.25, -0.2) is 13.6 Å². The third kappa shape index (κ3) is 2.98. The van der Waals surface area contributed by atoms with E-state index in [2.05, 4.69) is 0 Å². The predicted octanol–water partition coefficient (Wildman–Crippen LogP) is 1.92. The van der Waals surface area contributed by atoms with E-state index >= 15 is 0 Å². The third-order valence-electron chi connectivity index (χ3n) is 2.63. The number of primary sulfonamides is 1. The molecule has 0 atom stereocenters. The maximum atomic E-state index is 12.2. The van der Waals surface area contributed by atoms with Crippen molar-refractivity contribution < 1.29 is 18.3 Å². The number of aromatic hydroxyl groups is 1. The molecule has 0 amide bonds. The standard InChI is InChI=1S/C13H10ClNO4S/c14-11-6-3-9(7-12(11)20(15,18)19)13(17)8-1-4-10(16)5-2-8/h1-7,16H,(H2,15,18,19). The summed E-state index contributed by atoms with van der Waals surface area (Å²) < 4.78 is 22.7. The molecule has 0 heterocycles. The summed E-state index contributed by atoms with van der Waals surface area (Å²) in [6, 6.07) is 9.44. The van der Waals surface area contributed by atoms with Crippen molar-refractivity contribution in [3.05, 3.63) is 58.6 Å². The Hall–Kier alpha value is -1.89. The zero-order chi connectivity index (χ0) is 14.9. The molecule has 2 rings (SSSR count). The molecule has 7 heteroatoms. The van der Waals surface area contributed by atoms with E-state index in [1.54, 1.807) is 0 Å². The lowest BCUT2D eigenvalue weighted by Crippen LogP contribution is -2.14. The largest absolute Gasteiger partial charge is 0.508 e. The van der Waals surface area contributed by atoms with Gasteiger partial charge in [0.2, 0.25) is 10.0 Å². The molecule has 20 heavy (non-hydrogen) atoms. The molecule has 0 aliphatic carbocycles. The number of carbonyl (C=O) groups excluding carboxylic acids is 1. The van der Waals surface area contributed by atoms with Crippen LogP contribution in [-0.2, 0) is 10.0 Å². The number of hydrogen-bond acceptors (Lipinski definition) is 4. The summed E-state index contributed by atoms with van der Waals surface area (Å²) in [7, 11) is -4.00. The summed E-state index contributed by atoms with van der Waals surface area (Å²) in [5.74, 6) is -0.366. The molecule has 0 radical (unpaired) electrons. The number of ketones is 1. The van der Waals surface area contributed by atoms with E-state index in [-0.39, 0.29) is 21.2 Å². The van der Waals surface area contributed by atoms with Crippen molar-refractivity contribution in [2.75, 3.05) is 0 Å². The van der Waals surface area contributed by atoms with Gasteiger partial charge in [0.1, 0.15) is 10.6 Å². The van der Waals surface area contributed by atoms with E-state index in [1.807, 2.05) is 0 Å². The van der Waals surface area contributed by atoms with E-state index in [9.17, 15) is 18.3 Å². The number of sulfonamides is 1. The SMILES string of the molecule is NS(=O)(=O)c1cc(C(=O)c2ccc(O)cc2)ccc1Cl. The van der Waals surface area contributed by atoms with Gasteiger partial charge < -0.3 is 5.11 Å². The zero-order valence-electron chi connectivity index (χ0n) is 10.1. The number of rotatable bonds is 3. The van der Waals surface area contributed by atoms with Crippen LogP contribution in [-0.4, -0.2) is 19.3 Å². The number of hydrogen-bond donors (Lipinski definition) is 2. The first-order valence-electron chi connectivity index (χ1n) is 5.45. The summed E-state index contributed by atoms with van der Waals surface area (Å²) in [5, 5.41) is 14.2. The van der Waals surface area contributed by atoms with Crippen molar-refractivity contribution in [1.82, 2.24) is 0 Å². The Kier molecular flexibility index (Phi) is 3.80. The lowest BCUT2D eigenvalue weighted by atomic mass is 10.0. The molecule has 0 bridgehead atoms. The second-order valence-corrected chi connectivity index (χ2v) is 6.00. The number of benzene rings is 2. The van der Waals surface area contributed by atoms with Gasteiger partial charge in [-0.05, 0) is 42.5 Å². The molecule has 2 aromatic carbocycles. The molecule has 2 aromatic rings. The van der Waals surface area contributed by atoms with Crippen molar-refractivity contribution in [2.24, 2.45) is 5.14 Å². The van der Waals surface area contributed by atoms with Gasteiger partial charge in [0, 0.05) is 11.1 Å².